The molecule has 0 aliphatic rings. The zero-order valence-electron chi connectivity index (χ0n) is 20.3. The molecule has 0 heterocycles. The van der Waals surface area contributed by atoms with Crippen LogP contribution in [0.15, 0.2) is 71.6 Å². The lowest BCUT2D eigenvalue weighted by molar-refractivity contribution is -0.119. The third-order valence-electron chi connectivity index (χ3n) is 5.54. The van der Waals surface area contributed by atoms with Gasteiger partial charge in [-0.3, -0.25) is 9.10 Å². The molecule has 3 aromatic rings. The van der Waals surface area contributed by atoms with Crippen LogP contribution in [0.3, 0.4) is 0 Å². The molecule has 0 bridgehead atoms. The molecule has 0 saturated heterocycles. The van der Waals surface area contributed by atoms with Crippen LogP contribution >= 0.6 is 23.4 Å². The predicted molar refractivity (Wildman–Crippen MR) is 147 cm³/mol. The van der Waals surface area contributed by atoms with Crippen molar-refractivity contribution in [2.24, 2.45) is 0 Å². The normalized spacial score (nSPS) is 11.3. The van der Waals surface area contributed by atoms with Crippen molar-refractivity contribution in [2.75, 3.05) is 23.1 Å². The molecule has 0 unspecified atom stereocenters. The molecule has 0 aromatic heterocycles. The van der Waals surface area contributed by atoms with Gasteiger partial charge in [0.05, 0.1) is 10.6 Å². The van der Waals surface area contributed by atoms with Gasteiger partial charge in [-0.15, -0.1) is 0 Å². The lowest BCUT2D eigenvalue weighted by Gasteiger charge is -2.26. The number of amides is 1. The van der Waals surface area contributed by atoms with Crippen LogP contribution < -0.4 is 9.62 Å². The van der Waals surface area contributed by atoms with E-state index in [4.69, 9.17) is 11.6 Å². The zero-order chi connectivity index (χ0) is 25.4. The molecule has 0 fully saturated rings. The second-order valence-corrected chi connectivity index (χ2v) is 11.8. The first-order valence-corrected chi connectivity index (χ1v) is 14.4. The van der Waals surface area contributed by atoms with E-state index < -0.39 is 10.0 Å². The summed E-state index contributed by atoms with van der Waals surface area (Å²) in [4.78, 5) is 12.9. The predicted octanol–water partition coefficient (Wildman–Crippen LogP) is 5.90. The Balaban J connectivity index is 1.63. The van der Waals surface area contributed by atoms with Crippen molar-refractivity contribution in [3.63, 3.8) is 0 Å². The van der Waals surface area contributed by atoms with Crippen molar-refractivity contribution in [2.45, 2.75) is 37.8 Å². The van der Waals surface area contributed by atoms with Gasteiger partial charge in [-0.05, 0) is 68.3 Å². The largest absolute Gasteiger partial charge is 0.354 e. The van der Waals surface area contributed by atoms with Crippen LogP contribution in [0.1, 0.15) is 28.7 Å². The summed E-state index contributed by atoms with van der Waals surface area (Å²) in [5, 5.41) is 3.31. The van der Waals surface area contributed by atoms with Crippen LogP contribution in [0, 0.1) is 20.8 Å². The van der Waals surface area contributed by atoms with E-state index in [9.17, 15) is 13.2 Å². The lowest BCUT2D eigenvalue weighted by atomic mass is 10.2. The average Bonchev–Trinajstić information content (AvgIpc) is 2.82. The van der Waals surface area contributed by atoms with Gasteiger partial charge in [-0.1, -0.05) is 65.2 Å². The molecule has 5 nitrogen and oxygen atoms in total. The van der Waals surface area contributed by atoms with E-state index in [1.807, 2.05) is 18.7 Å². The van der Waals surface area contributed by atoms with Gasteiger partial charge in [-0.25, -0.2) is 8.42 Å². The van der Waals surface area contributed by atoms with Gasteiger partial charge in [0.2, 0.25) is 5.91 Å². The molecule has 35 heavy (non-hydrogen) atoms. The summed E-state index contributed by atoms with van der Waals surface area (Å²) >= 11 is 8.08. The number of aryl methyl sites for hydroxylation is 2. The number of nitrogens with zero attached hydrogens (tertiary/aromatic N) is 1. The summed E-state index contributed by atoms with van der Waals surface area (Å²) < 4.78 is 28.2. The molecular weight excluding hydrogens is 500 g/mol. The van der Waals surface area contributed by atoms with E-state index in [1.165, 1.54) is 11.1 Å². The second-order valence-electron chi connectivity index (χ2n) is 8.45. The van der Waals surface area contributed by atoms with Gasteiger partial charge in [0.25, 0.3) is 10.0 Å². The van der Waals surface area contributed by atoms with Crippen molar-refractivity contribution in [3.8, 4) is 0 Å². The number of carbonyl (C=O) groups excluding carboxylic acids is 1. The van der Waals surface area contributed by atoms with Crippen LogP contribution in [0.5, 0.6) is 0 Å². The van der Waals surface area contributed by atoms with Crippen molar-refractivity contribution in [3.05, 3.63) is 94.0 Å². The monoisotopic (exact) mass is 530 g/mol. The fourth-order valence-electron chi connectivity index (χ4n) is 3.58. The van der Waals surface area contributed by atoms with Gasteiger partial charge in [0.15, 0.2) is 0 Å². The molecule has 0 spiro atoms. The Morgan fingerprint density at radius 3 is 2.40 bits per heavy atom. The Kier molecular flexibility index (Phi) is 9.66. The molecule has 3 rings (SSSR count). The topological polar surface area (TPSA) is 66.5 Å². The summed E-state index contributed by atoms with van der Waals surface area (Å²) in [6.45, 7) is 5.87. The molecule has 0 saturated carbocycles. The first-order valence-electron chi connectivity index (χ1n) is 11.4. The number of nitrogens with one attached hydrogen (secondary N) is 1. The number of benzene rings is 3. The standard InChI is InChI=1S/C27H31ClN2O3S2/c1-20-11-13-24(14-12-20)35(32,33)30(26-10-5-9-25(28)22(26)3)18-27(31)29-15-6-16-34-19-23-8-4-7-21(2)17-23/h4-5,7-14,17H,6,15-16,18-19H2,1-3H3,(H,29,31). The minimum absolute atomic E-state index is 0.128. The smallest absolute Gasteiger partial charge is 0.264 e. The summed E-state index contributed by atoms with van der Waals surface area (Å²) in [7, 11) is -3.97. The Labute approximate surface area is 217 Å². The number of anilines is 1. The van der Waals surface area contributed by atoms with Gasteiger partial charge >= 0.3 is 0 Å². The van der Waals surface area contributed by atoms with Crippen molar-refractivity contribution in [1.82, 2.24) is 5.32 Å². The summed E-state index contributed by atoms with van der Waals surface area (Å²) in [5.74, 6) is 1.46. The summed E-state index contributed by atoms with van der Waals surface area (Å²) in [6, 6.07) is 20.1. The Bertz CT molecular complexity index is 1260. The number of halogens is 1. The van der Waals surface area contributed by atoms with Gasteiger partial charge in [0.1, 0.15) is 6.54 Å². The number of thioether (sulfide) groups is 1. The minimum Gasteiger partial charge on any atom is -0.354 e. The number of rotatable bonds is 11. The summed E-state index contributed by atoms with van der Waals surface area (Å²) in [6.07, 6.45) is 0.795. The first-order chi connectivity index (χ1) is 16.7. The van der Waals surface area contributed by atoms with Crippen molar-refractivity contribution >= 4 is 45.0 Å². The molecule has 0 aliphatic carbocycles. The third-order valence-corrected chi connectivity index (χ3v) is 8.84. The highest BCUT2D eigenvalue weighted by Gasteiger charge is 2.28. The maximum atomic E-state index is 13.5. The fraction of sp³-hybridized carbons (Fsp3) is 0.296. The van der Waals surface area contributed by atoms with E-state index in [2.05, 4.69) is 36.5 Å². The Morgan fingerprint density at radius 1 is 0.971 bits per heavy atom. The van der Waals surface area contributed by atoms with Crippen LogP contribution in [-0.4, -0.2) is 33.2 Å². The van der Waals surface area contributed by atoms with E-state index >= 15 is 0 Å². The van der Waals surface area contributed by atoms with Crippen LogP contribution in [0.2, 0.25) is 5.02 Å². The molecule has 3 aromatic carbocycles. The van der Waals surface area contributed by atoms with E-state index in [-0.39, 0.29) is 17.3 Å². The van der Waals surface area contributed by atoms with Crippen molar-refractivity contribution in [1.29, 1.82) is 0 Å². The second kappa shape index (κ2) is 12.5. The van der Waals surface area contributed by atoms with Gasteiger partial charge < -0.3 is 5.32 Å². The van der Waals surface area contributed by atoms with E-state index in [0.29, 0.717) is 22.8 Å². The van der Waals surface area contributed by atoms with Gasteiger partial charge in [-0.2, -0.15) is 11.8 Å². The third kappa shape index (κ3) is 7.50. The number of hydrogen-bond donors (Lipinski definition) is 1. The highest BCUT2D eigenvalue weighted by Crippen LogP contribution is 2.30. The Morgan fingerprint density at radius 2 is 1.69 bits per heavy atom. The first kappa shape index (κ1) is 27.1. The van der Waals surface area contributed by atoms with Gasteiger partial charge in [0, 0.05) is 17.3 Å². The maximum absolute atomic E-state index is 13.5. The average molecular weight is 531 g/mol. The summed E-state index contributed by atoms with van der Waals surface area (Å²) in [5.41, 5.74) is 4.47. The quantitative estimate of drug-likeness (QED) is 0.313. The molecule has 0 atom stereocenters. The molecule has 1 amide bonds. The maximum Gasteiger partial charge on any atom is 0.264 e. The molecule has 186 valence electrons. The lowest BCUT2D eigenvalue weighted by Crippen LogP contribution is -2.41. The zero-order valence-corrected chi connectivity index (χ0v) is 22.6. The number of sulfonamides is 1. The van der Waals surface area contributed by atoms with Crippen LogP contribution in [-0.2, 0) is 20.6 Å². The molecular formula is C27H31ClN2O3S2. The number of hydrogen-bond acceptors (Lipinski definition) is 4. The number of carbonyl (C=O) groups is 1. The molecule has 1 N–H and O–H groups in total. The fourth-order valence-corrected chi connectivity index (χ4v) is 6.14. The van der Waals surface area contributed by atoms with E-state index in [1.54, 1.807) is 49.4 Å². The molecule has 0 radical (unpaired) electrons. The highest BCUT2D eigenvalue weighted by molar-refractivity contribution is 7.98. The Hall–Kier alpha value is -2.48. The molecule has 0 aliphatic heterocycles. The van der Waals surface area contributed by atoms with Crippen LogP contribution in [0.4, 0.5) is 5.69 Å². The molecule has 8 heteroatoms. The van der Waals surface area contributed by atoms with Crippen LogP contribution in [0.25, 0.3) is 0 Å². The highest BCUT2D eigenvalue weighted by atomic mass is 35.5. The van der Waals surface area contributed by atoms with Crippen molar-refractivity contribution < 1.29 is 13.2 Å². The SMILES string of the molecule is Cc1ccc(S(=O)(=O)N(CC(=O)NCCCSCc2cccc(C)c2)c2cccc(Cl)c2C)cc1. The minimum atomic E-state index is -3.97. The van der Waals surface area contributed by atoms with E-state index in [0.717, 1.165) is 27.8 Å².